The summed E-state index contributed by atoms with van der Waals surface area (Å²) in [5.74, 6) is -0.184. The zero-order valence-electron chi connectivity index (χ0n) is 16.6. The molecule has 2 N–H and O–H groups in total. The van der Waals surface area contributed by atoms with Crippen LogP contribution in [0.25, 0.3) is 0 Å². The number of amides is 2. The maximum atomic E-state index is 14.7. The predicted molar refractivity (Wildman–Crippen MR) is 110 cm³/mol. The molecule has 154 valence electrons. The van der Waals surface area contributed by atoms with E-state index in [2.05, 4.69) is 0 Å². The van der Waals surface area contributed by atoms with Crippen molar-refractivity contribution >= 4 is 17.5 Å². The number of halogens is 1. The van der Waals surface area contributed by atoms with Crippen LogP contribution in [0.3, 0.4) is 0 Å². The molecule has 29 heavy (non-hydrogen) atoms. The number of likely N-dealkylation sites (tertiary alicyclic amines) is 1. The molecule has 0 aliphatic carbocycles. The molecule has 6 nitrogen and oxygen atoms in total. The topological polar surface area (TPSA) is 75.9 Å². The summed E-state index contributed by atoms with van der Waals surface area (Å²) in [6, 6.07) is 11.2. The van der Waals surface area contributed by atoms with E-state index in [0.29, 0.717) is 30.1 Å². The number of ketones is 1. The number of benzene rings is 2. The van der Waals surface area contributed by atoms with Crippen LogP contribution >= 0.6 is 0 Å². The molecule has 0 atom stereocenters. The van der Waals surface area contributed by atoms with Crippen molar-refractivity contribution in [2.24, 2.45) is 5.73 Å². The van der Waals surface area contributed by atoms with Crippen molar-refractivity contribution in [3.05, 3.63) is 59.4 Å². The third-order valence-electron chi connectivity index (χ3n) is 5.13. The number of ether oxygens (including phenoxy) is 1. The van der Waals surface area contributed by atoms with Crippen molar-refractivity contribution in [1.82, 2.24) is 4.90 Å². The van der Waals surface area contributed by atoms with Crippen LogP contribution in [0.1, 0.15) is 35.2 Å². The monoisotopic (exact) mass is 399 g/mol. The molecule has 2 amide bonds. The Balaban J connectivity index is 1.90. The highest BCUT2D eigenvalue weighted by Crippen LogP contribution is 2.25. The van der Waals surface area contributed by atoms with E-state index < -0.39 is 5.82 Å². The lowest BCUT2D eigenvalue weighted by atomic mass is 10.1. The maximum absolute atomic E-state index is 14.7. The number of nitrogens with zero attached hydrogens (tertiary/aromatic N) is 2. The number of methoxy groups -OCH3 is 1. The summed E-state index contributed by atoms with van der Waals surface area (Å²) in [6.07, 6.45) is 3.04. The number of urea groups is 1. The minimum Gasteiger partial charge on any atom is -0.497 e. The molecule has 1 aliphatic rings. The Morgan fingerprint density at radius 1 is 1.10 bits per heavy atom. The second-order valence-corrected chi connectivity index (χ2v) is 7.05. The van der Waals surface area contributed by atoms with Gasteiger partial charge in [-0.15, -0.1) is 0 Å². The fourth-order valence-corrected chi connectivity index (χ4v) is 3.42. The Kier molecular flexibility index (Phi) is 6.82. The Hall–Kier alpha value is -2.93. The van der Waals surface area contributed by atoms with Crippen molar-refractivity contribution in [3.8, 4) is 5.75 Å². The van der Waals surface area contributed by atoms with Gasteiger partial charge >= 0.3 is 6.03 Å². The SMILES string of the molecule is COc1ccc(N(Cc2ccc(C(=O)CN)cc2F)C(=O)N2CCCCC2)cc1. The number of carbonyl (C=O) groups is 2. The predicted octanol–water partition coefficient (Wildman–Crippen LogP) is 3.59. The summed E-state index contributed by atoms with van der Waals surface area (Å²) < 4.78 is 19.9. The molecule has 1 fully saturated rings. The Labute approximate surface area is 170 Å². The number of carbonyl (C=O) groups excluding carboxylic acids is 2. The molecular formula is C22H26FN3O3. The fraction of sp³-hybridized carbons (Fsp3) is 0.364. The van der Waals surface area contributed by atoms with Gasteiger partial charge in [0, 0.05) is 29.9 Å². The van der Waals surface area contributed by atoms with Crippen LogP contribution < -0.4 is 15.4 Å². The first-order valence-electron chi connectivity index (χ1n) is 9.75. The maximum Gasteiger partial charge on any atom is 0.324 e. The number of anilines is 1. The molecule has 0 bridgehead atoms. The van der Waals surface area contributed by atoms with E-state index in [1.807, 2.05) is 0 Å². The Morgan fingerprint density at radius 3 is 2.38 bits per heavy atom. The molecule has 1 saturated heterocycles. The summed E-state index contributed by atoms with van der Waals surface area (Å²) in [5.41, 5.74) is 6.57. The smallest absolute Gasteiger partial charge is 0.324 e. The molecule has 2 aromatic carbocycles. The minimum atomic E-state index is -0.533. The van der Waals surface area contributed by atoms with Crippen molar-refractivity contribution in [2.45, 2.75) is 25.8 Å². The zero-order chi connectivity index (χ0) is 20.8. The summed E-state index contributed by atoms with van der Waals surface area (Å²) in [6.45, 7) is 1.27. The molecule has 0 saturated carbocycles. The van der Waals surface area contributed by atoms with Gasteiger partial charge in [0.2, 0.25) is 0 Å². The molecular weight excluding hydrogens is 373 g/mol. The van der Waals surface area contributed by atoms with Crippen LogP contribution in [0.15, 0.2) is 42.5 Å². The standard InChI is InChI=1S/C22H26FN3O3/c1-29-19-9-7-18(8-10-19)26(22(28)25-11-3-2-4-12-25)15-17-6-5-16(13-20(17)23)21(27)14-24/h5-10,13H,2-4,11-12,14-15,24H2,1H3. The van der Waals surface area contributed by atoms with E-state index in [1.54, 1.807) is 47.2 Å². The highest BCUT2D eigenvalue weighted by atomic mass is 19.1. The van der Waals surface area contributed by atoms with Crippen molar-refractivity contribution in [2.75, 3.05) is 31.6 Å². The van der Waals surface area contributed by atoms with E-state index in [1.165, 1.54) is 12.1 Å². The largest absolute Gasteiger partial charge is 0.497 e. The van der Waals surface area contributed by atoms with E-state index in [4.69, 9.17) is 10.5 Å². The third kappa shape index (κ3) is 4.92. The van der Waals surface area contributed by atoms with Gasteiger partial charge in [-0.25, -0.2) is 9.18 Å². The lowest BCUT2D eigenvalue weighted by molar-refractivity contribution is 0.100. The van der Waals surface area contributed by atoms with Gasteiger partial charge in [-0.05, 0) is 49.6 Å². The number of hydrogen-bond acceptors (Lipinski definition) is 4. The summed E-state index contributed by atoms with van der Waals surface area (Å²) in [7, 11) is 1.57. The molecule has 7 heteroatoms. The molecule has 0 aromatic heterocycles. The highest BCUT2D eigenvalue weighted by Gasteiger charge is 2.25. The molecule has 1 aliphatic heterocycles. The van der Waals surface area contributed by atoms with Gasteiger partial charge in [-0.2, -0.15) is 0 Å². The van der Waals surface area contributed by atoms with Crippen molar-refractivity contribution < 1.29 is 18.7 Å². The summed E-state index contributed by atoms with van der Waals surface area (Å²) >= 11 is 0. The minimum absolute atomic E-state index is 0.0601. The van der Waals surface area contributed by atoms with Crippen LogP contribution in [-0.2, 0) is 6.54 Å². The summed E-state index contributed by atoms with van der Waals surface area (Å²) in [4.78, 5) is 28.3. The Morgan fingerprint density at radius 2 is 1.79 bits per heavy atom. The molecule has 0 spiro atoms. The van der Waals surface area contributed by atoms with Crippen molar-refractivity contribution in [1.29, 1.82) is 0 Å². The zero-order valence-corrected chi connectivity index (χ0v) is 16.6. The number of nitrogens with two attached hydrogens (primary N) is 1. The first kappa shape index (κ1) is 20.8. The van der Waals surface area contributed by atoms with Crippen LogP contribution in [0.2, 0.25) is 0 Å². The number of hydrogen-bond donors (Lipinski definition) is 1. The summed E-state index contributed by atoms with van der Waals surface area (Å²) in [5, 5.41) is 0. The Bertz CT molecular complexity index is 864. The molecule has 0 unspecified atom stereocenters. The third-order valence-corrected chi connectivity index (χ3v) is 5.13. The van der Waals surface area contributed by atoms with Gasteiger partial charge in [0.1, 0.15) is 11.6 Å². The first-order valence-corrected chi connectivity index (χ1v) is 9.75. The van der Waals surface area contributed by atoms with Crippen LogP contribution in [0.4, 0.5) is 14.9 Å². The first-order chi connectivity index (χ1) is 14.0. The van der Waals surface area contributed by atoms with E-state index in [-0.39, 0.29) is 30.5 Å². The number of rotatable bonds is 6. The van der Waals surface area contributed by atoms with Gasteiger partial charge in [-0.1, -0.05) is 12.1 Å². The second kappa shape index (κ2) is 9.52. The molecule has 0 radical (unpaired) electrons. The van der Waals surface area contributed by atoms with Crippen LogP contribution in [-0.4, -0.2) is 43.5 Å². The van der Waals surface area contributed by atoms with Gasteiger partial charge in [0.15, 0.2) is 5.78 Å². The number of piperidine rings is 1. The average molecular weight is 399 g/mol. The lowest BCUT2D eigenvalue weighted by Gasteiger charge is -2.33. The van der Waals surface area contributed by atoms with Crippen LogP contribution in [0, 0.1) is 5.82 Å². The quantitative estimate of drug-likeness (QED) is 0.753. The normalized spacial score (nSPS) is 13.8. The van der Waals surface area contributed by atoms with E-state index in [0.717, 1.165) is 19.3 Å². The molecule has 2 aromatic rings. The average Bonchev–Trinajstić information content (AvgIpc) is 2.78. The highest BCUT2D eigenvalue weighted by molar-refractivity contribution is 5.97. The van der Waals surface area contributed by atoms with E-state index >= 15 is 0 Å². The number of Topliss-reactive ketones (excluding diaryl/α,β-unsaturated/α-hetero) is 1. The van der Waals surface area contributed by atoms with Gasteiger partial charge in [0.05, 0.1) is 20.2 Å². The lowest BCUT2D eigenvalue weighted by Crippen LogP contribution is -2.45. The van der Waals surface area contributed by atoms with Gasteiger partial charge in [0.25, 0.3) is 0 Å². The fourth-order valence-electron chi connectivity index (χ4n) is 3.42. The van der Waals surface area contributed by atoms with Crippen molar-refractivity contribution in [3.63, 3.8) is 0 Å². The van der Waals surface area contributed by atoms with Crippen LogP contribution in [0.5, 0.6) is 5.75 Å². The van der Waals surface area contributed by atoms with E-state index in [9.17, 15) is 14.0 Å². The van der Waals surface area contributed by atoms with Gasteiger partial charge < -0.3 is 15.4 Å². The molecule has 1 heterocycles. The molecule has 3 rings (SSSR count). The van der Waals surface area contributed by atoms with Gasteiger partial charge in [-0.3, -0.25) is 9.69 Å². The second-order valence-electron chi connectivity index (χ2n) is 7.05.